The molecular weight excluding hydrogens is 830 g/mol. The van der Waals surface area contributed by atoms with Crippen molar-refractivity contribution in [1.29, 1.82) is 0 Å². The molecule has 14 nitrogen and oxygen atoms in total. The molecule has 16 heteroatoms. The number of esters is 1. The van der Waals surface area contributed by atoms with Crippen LogP contribution in [0.25, 0.3) is 10.9 Å². The topological polar surface area (TPSA) is 168 Å². The lowest BCUT2D eigenvalue weighted by molar-refractivity contribution is -0.154. The number of carbonyl (C=O) groups excluding carboxylic acids is 4. The molecule has 0 spiro atoms. The molecule has 4 heterocycles. The van der Waals surface area contributed by atoms with E-state index in [2.05, 4.69) is 5.32 Å². The Morgan fingerprint density at radius 2 is 1.49 bits per heavy atom. The second kappa shape index (κ2) is 17.4. The number of carbonyl (C=O) groups is 5. The van der Waals surface area contributed by atoms with Crippen molar-refractivity contribution in [3.05, 3.63) is 159 Å². The molecule has 3 aliphatic heterocycles. The van der Waals surface area contributed by atoms with Crippen molar-refractivity contribution in [1.82, 2.24) is 19.7 Å². The Morgan fingerprint density at radius 3 is 2.11 bits per heavy atom. The quantitative estimate of drug-likeness (QED) is 0.117. The summed E-state index contributed by atoms with van der Waals surface area (Å²) in [5.41, 5.74) is 2.04. The second-order valence-corrected chi connectivity index (χ2v) is 16.9. The number of fused-ring (bicyclic) bond motifs is 2. The number of piperazine rings is 1. The Balaban J connectivity index is 0.920. The van der Waals surface area contributed by atoms with E-state index in [1.165, 1.54) is 27.8 Å². The van der Waals surface area contributed by atoms with E-state index in [-0.39, 0.29) is 73.7 Å². The third kappa shape index (κ3) is 8.37. The van der Waals surface area contributed by atoms with Crippen LogP contribution in [0.4, 0.5) is 14.9 Å². The molecule has 4 aliphatic rings. The highest BCUT2D eigenvalue weighted by Crippen LogP contribution is 2.42. The lowest BCUT2D eigenvalue weighted by atomic mass is 10.0. The van der Waals surface area contributed by atoms with Crippen LogP contribution >= 0.6 is 11.8 Å². The van der Waals surface area contributed by atoms with E-state index in [0.29, 0.717) is 22.2 Å². The summed E-state index contributed by atoms with van der Waals surface area (Å²) in [4.78, 5) is 84.3. The number of hydrogen-bond donors (Lipinski definition) is 2. The van der Waals surface area contributed by atoms with Crippen molar-refractivity contribution in [3.63, 3.8) is 0 Å². The van der Waals surface area contributed by atoms with Crippen molar-refractivity contribution in [2.45, 2.75) is 42.8 Å². The van der Waals surface area contributed by atoms with Crippen LogP contribution in [0.2, 0.25) is 0 Å². The molecule has 3 amide bonds. The number of β-lactam (4-membered cyclic amide) rings is 1. The summed E-state index contributed by atoms with van der Waals surface area (Å²) in [7, 11) is 0. The maximum absolute atomic E-state index is 15.7. The van der Waals surface area contributed by atoms with Gasteiger partial charge in [0.05, 0.1) is 17.6 Å². The molecule has 322 valence electrons. The first-order chi connectivity index (χ1) is 30.5. The van der Waals surface area contributed by atoms with Crippen LogP contribution in [0.15, 0.2) is 125 Å². The monoisotopic (exact) mass is 871 g/mol. The minimum atomic E-state index is -1.37. The standard InChI is InChI=1S/C47H42FN5O9S/c48-35-23-33-36(52(32-16-17-32)25-34(41(33)55)45(57)58)24-37(35)50-18-20-51(21-19-50)47(60)61-26-31-27-63-44-39(49-38(54)22-28-10-4-1-5-11-28)43(56)53(44)40(31)46(59)62-42(29-12-6-2-7-13-29)30-14-8-3-9-15-30/h1-15,23-25,32,39,42,44H,16-22,26-27H2,(H,49,54)(H,57,58)/t39-,44-/m1/s1. The predicted molar refractivity (Wildman–Crippen MR) is 232 cm³/mol. The van der Waals surface area contributed by atoms with Gasteiger partial charge in [0.1, 0.15) is 35.1 Å². The number of nitrogens with zero attached hydrogens (tertiary/aromatic N) is 4. The summed E-state index contributed by atoms with van der Waals surface area (Å²) < 4.78 is 29.4. The number of carboxylic acids is 1. The number of benzene rings is 4. The minimum Gasteiger partial charge on any atom is -0.477 e. The third-order valence-electron chi connectivity index (χ3n) is 11.7. The number of nitrogens with one attached hydrogen (secondary N) is 1. The van der Waals surface area contributed by atoms with Crippen molar-refractivity contribution in [2.75, 3.05) is 43.4 Å². The van der Waals surface area contributed by atoms with Crippen molar-refractivity contribution in [3.8, 4) is 0 Å². The molecule has 2 atom stereocenters. The molecule has 0 radical (unpaired) electrons. The average molecular weight is 872 g/mol. The number of hydrogen-bond acceptors (Lipinski definition) is 10. The number of ether oxygens (including phenoxy) is 2. The number of pyridine rings is 1. The Labute approximate surface area is 364 Å². The molecule has 5 aromatic rings. The smallest absolute Gasteiger partial charge is 0.410 e. The van der Waals surface area contributed by atoms with E-state index in [0.717, 1.165) is 24.5 Å². The van der Waals surface area contributed by atoms with Gasteiger partial charge in [-0.15, -0.1) is 11.8 Å². The van der Waals surface area contributed by atoms with Crippen molar-refractivity contribution < 1.29 is 42.9 Å². The lowest BCUT2D eigenvalue weighted by Crippen LogP contribution is -2.70. The zero-order valence-corrected chi connectivity index (χ0v) is 34.7. The number of anilines is 1. The van der Waals surface area contributed by atoms with E-state index in [9.17, 15) is 33.9 Å². The molecule has 0 bridgehead atoms. The van der Waals surface area contributed by atoms with Crippen LogP contribution in [-0.4, -0.2) is 99.3 Å². The van der Waals surface area contributed by atoms with Crippen molar-refractivity contribution >= 4 is 58.2 Å². The Bertz CT molecular complexity index is 2660. The van der Waals surface area contributed by atoms with Gasteiger partial charge in [-0.25, -0.2) is 18.8 Å². The van der Waals surface area contributed by atoms with Gasteiger partial charge in [0.2, 0.25) is 11.3 Å². The molecule has 0 unspecified atom stereocenters. The summed E-state index contributed by atoms with van der Waals surface area (Å²) in [6.07, 6.45) is 1.54. The van der Waals surface area contributed by atoms with Gasteiger partial charge in [0, 0.05) is 55.1 Å². The molecule has 4 aromatic carbocycles. The molecule has 3 fully saturated rings. The Kier molecular flexibility index (Phi) is 11.5. The number of thioether (sulfide) groups is 1. The molecule has 1 aliphatic carbocycles. The zero-order valence-electron chi connectivity index (χ0n) is 33.9. The number of aromatic carboxylic acids is 1. The highest BCUT2D eigenvalue weighted by molar-refractivity contribution is 8.00. The number of rotatable bonds is 12. The first-order valence-corrected chi connectivity index (χ1v) is 21.7. The van der Waals surface area contributed by atoms with Crippen LogP contribution in [-0.2, 0) is 30.3 Å². The highest BCUT2D eigenvalue weighted by atomic mass is 32.2. The zero-order chi connectivity index (χ0) is 43.8. The van der Waals surface area contributed by atoms with E-state index < -0.39 is 58.3 Å². The van der Waals surface area contributed by atoms with Crippen LogP contribution in [0.3, 0.4) is 0 Å². The average Bonchev–Trinajstić information content (AvgIpc) is 4.15. The van der Waals surface area contributed by atoms with Crippen LogP contribution in [0.1, 0.15) is 52.0 Å². The maximum atomic E-state index is 15.7. The fraction of sp³-hybridized carbons (Fsp3) is 0.277. The summed E-state index contributed by atoms with van der Waals surface area (Å²) in [6.45, 7) is 0.473. The number of halogens is 1. The highest BCUT2D eigenvalue weighted by Gasteiger charge is 2.55. The largest absolute Gasteiger partial charge is 0.477 e. The summed E-state index contributed by atoms with van der Waals surface area (Å²) in [5.74, 6) is -3.46. The lowest BCUT2D eigenvalue weighted by Gasteiger charge is -2.49. The number of carboxylic acid groups (broad SMARTS) is 1. The molecule has 63 heavy (non-hydrogen) atoms. The van der Waals surface area contributed by atoms with E-state index >= 15 is 4.39 Å². The molecule has 1 saturated carbocycles. The fourth-order valence-corrected chi connectivity index (χ4v) is 9.64. The van der Waals surface area contributed by atoms with Crippen LogP contribution in [0.5, 0.6) is 0 Å². The van der Waals surface area contributed by atoms with Crippen molar-refractivity contribution in [2.24, 2.45) is 0 Å². The minimum absolute atomic E-state index is 0.00562. The second-order valence-electron chi connectivity index (χ2n) is 15.8. The van der Waals surface area contributed by atoms with Crippen LogP contribution < -0.4 is 15.6 Å². The predicted octanol–water partition coefficient (Wildman–Crippen LogP) is 5.66. The maximum Gasteiger partial charge on any atom is 0.410 e. The van der Waals surface area contributed by atoms with Gasteiger partial charge in [-0.2, -0.15) is 0 Å². The van der Waals surface area contributed by atoms with Gasteiger partial charge < -0.3 is 34.3 Å². The first kappa shape index (κ1) is 41.4. The van der Waals surface area contributed by atoms with Gasteiger partial charge in [-0.1, -0.05) is 91.0 Å². The summed E-state index contributed by atoms with van der Waals surface area (Å²) in [6, 6.07) is 29.4. The van der Waals surface area contributed by atoms with Gasteiger partial charge in [-0.3, -0.25) is 19.3 Å². The Hall–Kier alpha value is -6.94. The normalized spacial score (nSPS) is 18.5. The van der Waals surface area contributed by atoms with Crippen LogP contribution in [0, 0.1) is 5.82 Å². The molecule has 9 rings (SSSR count). The number of amides is 3. The molecule has 1 aromatic heterocycles. The van der Waals surface area contributed by atoms with Gasteiger partial charge >= 0.3 is 18.0 Å². The Morgan fingerprint density at radius 1 is 0.857 bits per heavy atom. The molecule has 2 saturated heterocycles. The van der Waals surface area contributed by atoms with Gasteiger partial charge in [0.25, 0.3) is 5.91 Å². The summed E-state index contributed by atoms with van der Waals surface area (Å²) in [5, 5.41) is 11.8. The first-order valence-electron chi connectivity index (χ1n) is 20.6. The summed E-state index contributed by atoms with van der Waals surface area (Å²) >= 11 is 1.34. The van der Waals surface area contributed by atoms with Gasteiger partial charge in [0.15, 0.2) is 6.10 Å². The molecule has 2 N–H and O–H groups in total. The van der Waals surface area contributed by atoms with E-state index in [1.54, 1.807) is 15.5 Å². The van der Waals surface area contributed by atoms with E-state index in [4.69, 9.17) is 9.47 Å². The third-order valence-corrected chi connectivity index (χ3v) is 13.1. The SMILES string of the molecule is O=C(Cc1ccccc1)N[C@@H]1C(=O)N2C(C(=O)OC(c3ccccc3)c3ccccc3)=C(COC(=O)N3CCN(c4cc5c(cc4F)c(=O)c(C(=O)O)cn5C4CC4)CC3)CS[C@H]12. The number of aromatic nitrogens is 1. The van der Waals surface area contributed by atoms with E-state index in [1.807, 2.05) is 91.0 Å². The molecular formula is C47H42FN5O9S. The van der Waals surface area contributed by atoms with Gasteiger partial charge in [-0.05, 0) is 41.7 Å². The fourth-order valence-electron chi connectivity index (χ4n) is 8.31.